The lowest BCUT2D eigenvalue weighted by molar-refractivity contribution is -0.141. The molecule has 1 aliphatic carbocycles. The van der Waals surface area contributed by atoms with Gasteiger partial charge >= 0.3 is 12.1 Å². The Balaban J connectivity index is 1.61. The maximum Gasteiger partial charge on any atom is 0.410 e. The minimum absolute atomic E-state index is 0.177. The van der Waals surface area contributed by atoms with E-state index in [1.54, 1.807) is 0 Å². The Kier molecular flexibility index (Phi) is 5.38. The summed E-state index contributed by atoms with van der Waals surface area (Å²) in [4.78, 5) is 25.4. The van der Waals surface area contributed by atoms with Gasteiger partial charge in [0.05, 0.1) is 0 Å². The highest BCUT2D eigenvalue weighted by molar-refractivity contribution is 5.80. The SMILES string of the molecule is O=C(O)[C@H]1C[C@H](C2CCCCC2)CN1C(=O)OCc1ccccc1. The van der Waals surface area contributed by atoms with Gasteiger partial charge in [0.2, 0.25) is 0 Å². The number of aliphatic carboxylic acids is 1. The normalized spacial score (nSPS) is 24.8. The molecule has 0 bridgehead atoms. The van der Waals surface area contributed by atoms with E-state index in [1.165, 1.54) is 24.2 Å². The second-order valence-electron chi connectivity index (χ2n) is 6.94. The van der Waals surface area contributed by atoms with Crippen molar-refractivity contribution in [2.45, 2.75) is 51.2 Å². The molecule has 1 aromatic rings. The Labute approximate surface area is 142 Å². The number of likely N-dealkylation sites (tertiary alicyclic amines) is 1. The Morgan fingerprint density at radius 3 is 2.46 bits per heavy atom. The van der Waals surface area contributed by atoms with Crippen LogP contribution in [0.3, 0.4) is 0 Å². The van der Waals surface area contributed by atoms with Crippen molar-refractivity contribution in [3.8, 4) is 0 Å². The Hall–Kier alpha value is -2.04. The van der Waals surface area contributed by atoms with E-state index in [9.17, 15) is 14.7 Å². The molecule has 2 atom stereocenters. The van der Waals surface area contributed by atoms with Gasteiger partial charge in [-0.15, -0.1) is 0 Å². The lowest BCUT2D eigenvalue weighted by Crippen LogP contribution is -2.40. The number of amides is 1. The van der Waals surface area contributed by atoms with Crippen LogP contribution >= 0.6 is 0 Å². The summed E-state index contributed by atoms with van der Waals surface area (Å²) < 4.78 is 5.35. The summed E-state index contributed by atoms with van der Waals surface area (Å²) in [5.41, 5.74) is 0.903. The minimum atomic E-state index is -0.926. The van der Waals surface area contributed by atoms with E-state index >= 15 is 0 Å². The van der Waals surface area contributed by atoms with E-state index < -0.39 is 18.1 Å². The summed E-state index contributed by atoms with van der Waals surface area (Å²) in [6.45, 7) is 0.686. The van der Waals surface area contributed by atoms with Crippen LogP contribution in [0.4, 0.5) is 4.79 Å². The van der Waals surface area contributed by atoms with E-state index in [0.717, 1.165) is 18.4 Å². The molecule has 0 aromatic heterocycles. The molecule has 1 saturated heterocycles. The van der Waals surface area contributed by atoms with Gasteiger partial charge in [0.15, 0.2) is 0 Å². The Bertz CT molecular complexity index is 568. The molecule has 2 aliphatic rings. The Morgan fingerprint density at radius 2 is 1.79 bits per heavy atom. The van der Waals surface area contributed by atoms with Crippen molar-refractivity contribution in [2.24, 2.45) is 11.8 Å². The van der Waals surface area contributed by atoms with E-state index in [1.807, 2.05) is 30.3 Å². The molecule has 0 unspecified atom stereocenters. The third-order valence-corrected chi connectivity index (χ3v) is 5.37. The standard InChI is InChI=1S/C19H25NO4/c21-18(22)17-11-16(15-9-5-2-6-10-15)12-20(17)19(23)24-13-14-7-3-1-4-8-14/h1,3-4,7-8,15-17H,2,5-6,9-13H2,(H,21,22)/t16-,17+/m0/s1. The highest BCUT2D eigenvalue weighted by atomic mass is 16.6. The number of ether oxygens (including phenoxy) is 1. The molecule has 1 amide bonds. The molecule has 1 heterocycles. The van der Waals surface area contributed by atoms with Gasteiger partial charge in [0.25, 0.3) is 0 Å². The lowest BCUT2D eigenvalue weighted by Gasteiger charge is -2.27. The number of hydrogen-bond donors (Lipinski definition) is 1. The summed E-state index contributed by atoms with van der Waals surface area (Å²) in [6.07, 6.45) is 6.07. The molecule has 24 heavy (non-hydrogen) atoms. The zero-order chi connectivity index (χ0) is 16.9. The van der Waals surface area contributed by atoms with Crippen molar-refractivity contribution in [1.29, 1.82) is 0 Å². The molecule has 5 heteroatoms. The monoisotopic (exact) mass is 331 g/mol. The van der Waals surface area contributed by atoms with Crippen LogP contribution in [0.5, 0.6) is 0 Å². The van der Waals surface area contributed by atoms with Gasteiger partial charge in [0, 0.05) is 6.54 Å². The second-order valence-corrected chi connectivity index (χ2v) is 6.94. The molecule has 1 aromatic carbocycles. The first-order valence-electron chi connectivity index (χ1n) is 8.85. The summed E-state index contributed by atoms with van der Waals surface area (Å²) in [5, 5.41) is 9.48. The van der Waals surface area contributed by atoms with E-state index in [4.69, 9.17) is 4.74 Å². The topological polar surface area (TPSA) is 66.8 Å². The number of rotatable bonds is 4. The van der Waals surface area contributed by atoms with Crippen molar-refractivity contribution in [3.05, 3.63) is 35.9 Å². The lowest BCUT2D eigenvalue weighted by atomic mass is 9.79. The smallest absolute Gasteiger partial charge is 0.410 e. The number of carboxylic acids is 1. The minimum Gasteiger partial charge on any atom is -0.480 e. The van der Waals surface area contributed by atoms with Gasteiger partial charge in [-0.2, -0.15) is 0 Å². The van der Waals surface area contributed by atoms with Crippen LogP contribution in [-0.4, -0.2) is 34.7 Å². The Morgan fingerprint density at radius 1 is 1.08 bits per heavy atom. The third-order valence-electron chi connectivity index (χ3n) is 5.37. The van der Waals surface area contributed by atoms with Crippen molar-refractivity contribution in [3.63, 3.8) is 0 Å². The number of carbonyl (C=O) groups is 2. The molecule has 130 valence electrons. The zero-order valence-corrected chi connectivity index (χ0v) is 13.9. The van der Waals surface area contributed by atoms with Gasteiger partial charge in [0.1, 0.15) is 12.6 Å². The molecule has 0 spiro atoms. The van der Waals surface area contributed by atoms with Gasteiger partial charge in [-0.05, 0) is 23.8 Å². The number of hydrogen-bond acceptors (Lipinski definition) is 3. The molecule has 1 aliphatic heterocycles. The van der Waals surface area contributed by atoms with Crippen LogP contribution in [0.1, 0.15) is 44.1 Å². The third kappa shape index (κ3) is 3.89. The first-order chi connectivity index (χ1) is 11.6. The van der Waals surface area contributed by atoms with Gasteiger partial charge in [-0.1, -0.05) is 62.4 Å². The quantitative estimate of drug-likeness (QED) is 0.914. The molecule has 1 saturated carbocycles. The van der Waals surface area contributed by atoms with Crippen LogP contribution in [0.2, 0.25) is 0 Å². The highest BCUT2D eigenvalue weighted by Crippen LogP contribution is 2.37. The maximum atomic E-state index is 12.4. The molecule has 2 fully saturated rings. The fourth-order valence-corrected chi connectivity index (χ4v) is 4.05. The van der Waals surface area contributed by atoms with Crippen molar-refractivity contribution in [1.82, 2.24) is 4.90 Å². The maximum absolute atomic E-state index is 12.4. The predicted molar refractivity (Wildman–Crippen MR) is 89.4 cm³/mol. The van der Waals surface area contributed by atoms with Crippen LogP contribution in [-0.2, 0) is 16.1 Å². The summed E-state index contributed by atoms with van der Waals surface area (Å²) in [5.74, 6) is -0.0897. The van der Waals surface area contributed by atoms with Crippen molar-refractivity contribution >= 4 is 12.1 Å². The van der Waals surface area contributed by atoms with Gasteiger partial charge in [-0.25, -0.2) is 9.59 Å². The number of benzene rings is 1. The molecular formula is C19H25NO4. The molecule has 5 nitrogen and oxygen atoms in total. The summed E-state index contributed by atoms with van der Waals surface area (Å²) in [7, 11) is 0. The first kappa shape index (κ1) is 16.8. The average Bonchev–Trinajstić information content (AvgIpc) is 3.07. The van der Waals surface area contributed by atoms with Crippen molar-refractivity contribution < 1.29 is 19.4 Å². The van der Waals surface area contributed by atoms with Gasteiger partial charge < -0.3 is 9.84 Å². The highest BCUT2D eigenvalue weighted by Gasteiger charge is 2.43. The summed E-state index contributed by atoms with van der Waals surface area (Å²) in [6, 6.07) is 8.70. The predicted octanol–water partition coefficient (Wildman–Crippen LogP) is 3.68. The zero-order valence-electron chi connectivity index (χ0n) is 13.9. The van der Waals surface area contributed by atoms with Crippen LogP contribution in [0, 0.1) is 11.8 Å². The fraction of sp³-hybridized carbons (Fsp3) is 0.579. The molecule has 0 radical (unpaired) electrons. The average molecular weight is 331 g/mol. The van der Waals surface area contributed by atoms with E-state index in [-0.39, 0.29) is 12.5 Å². The van der Waals surface area contributed by atoms with E-state index in [2.05, 4.69) is 0 Å². The first-order valence-corrected chi connectivity index (χ1v) is 8.85. The number of carbonyl (C=O) groups excluding carboxylic acids is 1. The van der Waals surface area contributed by atoms with Gasteiger partial charge in [-0.3, -0.25) is 4.90 Å². The van der Waals surface area contributed by atoms with Crippen LogP contribution in [0.15, 0.2) is 30.3 Å². The summed E-state index contributed by atoms with van der Waals surface area (Å²) >= 11 is 0. The van der Waals surface area contributed by atoms with Crippen LogP contribution in [0.25, 0.3) is 0 Å². The molecule has 3 rings (SSSR count). The fourth-order valence-electron chi connectivity index (χ4n) is 4.05. The van der Waals surface area contributed by atoms with E-state index in [0.29, 0.717) is 18.9 Å². The van der Waals surface area contributed by atoms with Crippen molar-refractivity contribution in [2.75, 3.05) is 6.54 Å². The van der Waals surface area contributed by atoms with Crippen LogP contribution < -0.4 is 0 Å². The second kappa shape index (κ2) is 7.69. The molecular weight excluding hydrogens is 306 g/mol. The number of carboxylic acid groups (broad SMARTS) is 1. The molecule has 1 N–H and O–H groups in total. The number of nitrogens with zero attached hydrogens (tertiary/aromatic N) is 1. The largest absolute Gasteiger partial charge is 0.480 e.